The van der Waals surface area contributed by atoms with E-state index in [9.17, 15) is 9.59 Å². The van der Waals surface area contributed by atoms with Crippen molar-refractivity contribution in [2.45, 2.75) is 69.4 Å². The number of hydrogen-bond acceptors (Lipinski definition) is 6. The van der Waals surface area contributed by atoms with Crippen LogP contribution in [0.3, 0.4) is 0 Å². The summed E-state index contributed by atoms with van der Waals surface area (Å²) in [6, 6.07) is 4.37. The quantitative estimate of drug-likeness (QED) is 0.360. The zero-order chi connectivity index (χ0) is 21.3. The Morgan fingerprint density at radius 2 is 2.17 bits per heavy atom. The van der Waals surface area contributed by atoms with Crippen LogP contribution in [0.5, 0.6) is 0 Å². The second-order valence-corrected chi connectivity index (χ2v) is 10.7. The van der Waals surface area contributed by atoms with Gasteiger partial charge >= 0.3 is 0 Å². The van der Waals surface area contributed by atoms with Gasteiger partial charge in [-0.2, -0.15) is 0 Å². The zero-order valence-corrected chi connectivity index (χ0v) is 20.0. The monoisotopic (exact) mass is 461 g/mol. The van der Waals surface area contributed by atoms with Gasteiger partial charge in [0, 0.05) is 35.0 Å². The molecule has 30 heavy (non-hydrogen) atoms. The lowest BCUT2D eigenvalue weighted by Gasteiger charge is -2.36. The number of nitrogens with zero attached hydrogens (tertiary/aromatic N) is 3. The van der Waals surface area contributed by atoms with E-state index in [-0.39, 0.29) is 16.7 Å². The Bertz CT molecular complexity index is 1090. The predicted octanol–water partition coefficient (Wildman–Crippen LogP) is 5.48. The molecule has 4 heterocycles. The van der Waals surface area contributed by atoms with Crippen LogP contribution in [0.15, 0.2) is 32.8 Å². The number of hydrogen-bond donors (Lipinski definition) is 0. The highest BCUT2D eigenvalue weighted by Gasteiger charge is 2.30. The number of fused-ring (bicyclic) bond motifs is 1. The van der Waals surface area contributed by atoms with Crippen molar-refractivity contribution in [2.75, 3.05) is 6.54 Å². The van der Waals surface area contributed by atoms with Crippen LogP contribution in [-0.2, 0) is 11.3 Å². The van der Waals surface area contributed by atoms with Crippen molar-refractivity contribution in [3.05, 3.63) is 33.2 Å². The molecule has 0 spiro atoms. The molecule has 2 unspecified atom stereocenters. The average Bonchev–Trinajstić information content (AvgIpc) is 3.43. The summed E-state index contributed by atoms with van der Waals surface area (Å²) >= 11 is 4.55. The van der Waals surface area contributed by atoms with Crippen molar-refractivity contribution < 1.29 is 4.79 Å². The molecule has 3 aromatic rings. The molecular weight excluding hydrogens is 434 g/mol. The molecule has 8 heteroatoms. The number of carbonyl (C=O) groups excluding carboxylic acids is 1. The minimum atomic E-state index is -0.268. The summed E-state index contributed by atoms with van der Waals surface area (Å²) in [4.78, 5) is 35.2. The lowest BCUT2D eigenvalue weighted by Crippen LogP contribution is -2.46. The van der Waals surface area contributed by atoms with Crippen molar-refractivity contribution in [1.82, 2.24) is 14.5 Å². The highest BCUT2D eigenvalue weighted by Crippen LogP contribution is 2.35. The van der Waals surface area contributed by atoms with Crippen molar-refractivity contribution >= 4 is 50.6 Å². The van der Waals surface area contributed by atoms with E-state index in [0.717, 1.165) is 41.1 Å². The third-order valence-electron chi connectivity index (χ3n) is 5.77. The highest BCUT2D eigenvalue weighted by atomic mass is 32.2. The maximum absolute atomic E-state index is 13.3. The maximum atomic E-state index is 13.3. The number of likely N-dealkylation sites (tertiary alicyclic amines) is 1. The number of thiophene rings is 2. The van der Waals surface area contributed by atoms with Gasteiger partial charge in [0.25, 0.3) is 5.56 Å². The Labute approximate surface area is 189 Å². The van der Waals surface area contributed by atoms with Gasteiger partial charge in [0.15, 0.2) is 5.16 Å². The van der Waals surface area contributed by atoms with Crippen LogP contribution < -0.4 is 5.56 Å². The standard InChI is InChI=1S/C22H27N3O2S3/c1-4-15-9-6-7-11-25(15)20(26)14(3)30-22-23-19-18(21(27)24(22)5-2)16(13-29-19)17-10-8-12-28-17/h8,10,12-15H,4-7,9,11H2,1-3H3. The molecule has 1 aliphatic heterocycles. The van der Waals surface area contributed by atoms with Crippen LogP contribution in [0, 0.1) is 0 Å². The summed E-state index contributed by atoms with van der Waals surface area (Å²) in [6.07, 6.45) is 4.35. The van der Waals surface area contributed by atoms with E-state index in [0.29, 0.717) is 23.1 Å². The molecule has 1 amide bonds. The first kappa shape index (κ1) is 21.6. The lowest BCUT2D eigenvalue weighted by molar-refractivity contribution is -0.134. The molecule has 0 aromatic carbocycles. The summed E-state index contributed by atoms with van der Waals surface area (Å²) in [5.41, 5.74) is 0.947. The fraction of sp³-hybridized carbons (Fsp3) is 0.500. The Hall–Kier alpha value is -1.64. The van der Waals surface area contributed by atoms with Crippen molar-refractivity contribution in [3.8, 4) is 10.4 Å². The number of amides is 1. The number of rotatable bonds is 6. The Morgan fingerprint density at radius 1 is 1.33 bits per heavy atom. The summed E-state index contributed by atoms with van der Waals surface area (Å²) in [6.45, 7) is 7.42. The first-order valence-corrected chi connectivity index (χ1v) is 13.2. The van der Waals surface area contributed by atoms with Gasteiger partial charge in [-0.3, -0.25) is 14.2 Å². The first-order valence-electron chi connectivity index (χ1n) is 10.6. The molecule has 0 radical (unpaired) electrons. The van der Waals surface area contributed by atoms with Crippen molar-refractivity contribution in [2.24, 2.45) is 0 Å². The van der Waals surface area contributed by atoms with Gasteiger partial charge in [0.1, 0.15) is 4.83 Å². The van der Waals surface area contributed by atoms with E-state index in [1.807, 2.05) is 41.6 Å². The third kappa shape index (κ3) is 3.97. The zero-order valence-electron chi connectivity index (χ0n) is 17.6. The van der Waals surface area contributed by atoms with Gasteiger partial charge in [-0.25, -0.2) is 4.98 Å². The van der Waals surface area contributed by atoms with Gasteiger partial charge in [0.05, 0.1) is 10.6 Å². The van der Waals surface area contributed by atoms with Crippen molar-refractivity contribution in [3.63, 3.8) is 0 Å². The second kappa shape index (κ2) is 9.24. The van der Waals surface area contributed by atoms with Crippen LogP contribution in [-0.4, -0.2) is 38.2 Å². The summed E-state index contributed by atoms with van der Waals surface area (Å²) in [5, 5.41) is 5.10. The van der Waals surface area contributed by atoms with Gasteiger partial charge in [-0.05, 0) is 51.0 Å². The Kier molecular flexibility index (Phi) is 6.65. The van der Waals surface area contributed by atoms with Crippen LogP contribution >= 0.6 is 34.4 Å². The molecule has 160 valence electrons. The molecule has 5 nitrogen and oxygen atoms in total. The SMILES string of the molecule is CCC1CCCCN1C(=O)C(C)Sc1nc2scc(-c3cccs3)c2c(=O)n1CC. The van der Waals surface area contributed by atoms with Crippen LogP contribution in [0.25, 0.3) is 20.7 Å². The Morgan fingerprint density at radius 3 is 2.87 bits per heavy atom. The molecule has 1 saturated heterocycles. The average molecular weight is 462 g/mol. The van der Waals surface area contributed by atoms with Crippen LogP contribution in [0.4, 0.5) is 0 Å². The minimum absolute atomic E-state index is 0.0151. The molecule has 0 N–H and O–H groups in total. The summed E-state index contributed by atoms with van der Waals surface area (Å²) in [5.74, 6) is 0.161. The number of aromatic nitrogens is 2. The van der Waals surface area contributed by atoms with Gasteiger partial charge in [-0.1, -0.05) is 24.8 Å². The van der Waals surface area contributed by atoms with E-state index >= 15 is 0 Å². The first-order chi connectivity index (χ1) is 14.5. The normalized spacial score (nSPS) is 18.1. The minimum Gasteiger partial charge on any atom is -0.339 e. The molecular formula is C22H27N3O2S3. The second-order valence-electron chi connectivity index (χ2n) is 7.60. The molecule has 0 aliphatic carbocycles. The van der Waals surface area contributed by atoms with Crippen LogP contribution in [0.1, 0.15) is 46.5 Å². The maximum Gasteiger partial charge on any atom is 0.263 e. The molecule has 1 fully saturated rings. The van der Waals surface area contributed by atoms with Crippen molar-refractivity contribution in [1.29, 1.82) is 0 Å². The van der Waals surface area contributed by atoms with E-state index in [2.05, 4.69) is 6.92 Å². The molecule has 2 atom stereocenters. The molecule has 0 saturated carbocycles. The topological polar surface area (TPSA) is 55.2 Å². The molecule has 4 rings (SSSR count). The van der Waals surface area contributed by atoms with Gasteiger partial charge in [0.2, 0.25) is 5.91 Å². The number of piperidine rings is 1. The summed E-state index contributed by atoms with van der Waals surface area (Å²) < 4.78 is 1.72. The Balaban J connectivity index is 1.66. The van der Waals surface area contributed by atoms with Gasteiger partial charge < -0.3 is 4.90 Å². The van der Waals surface area contributed by atoms with Gasteiger partial charge in [-0.15, -0.1) is 22.7 Å². The fourth-order valence-electron chi connectivity index (χ4n) is 4.14. The smallest absolute Gasteiger partial charge is 0.263 e. The molecule has 3 aromatic heterocycles. The highest BCUT2D eigenvalue weighted by molar-refractivity contribution is 8.00. The fourth-order valence-corrected chi connectivity index (χ4v) is 6.99. The van der Waals surface area contributed by atoms with E-state index in [1.165, 1.54) is 29.5 Å². The summed E-state index contributed by atoms with van der Waals surface area (Å²) in [7, 11) is 0. The number of thioether (sulfide) groups is 1. The third-order valence-corrected chi connectivity index (χ3v) is 8.63. The van der Waals surface area contributed by atoms with Crippen LogP contribution in [0.2, 0.25) is 0 Å². The van der Waals surface area contributed by atoms with E-state index in [4.69, 9.17) is 4.98 Å². The van der Waals surface area contributed by atoms with E-state index in [1.54, 1.807) is 15.9 Å². The molecule has 1 aliphatic rings. The molecule has 0 bridgehead atoms. The lowest BCUT2D eigenvalue weighted by atomic mass is 10.00. The number of carbonyl (C=O) groups is 1. The van der Waals surface area contributed by atoms with E-state index < -0.39 is 0 Å². The predicted molar refractivity (Wildman–Crippen MR) is 128 cm³/mol. The largest absolute Gasteiger partial charge is 0.339 e.